The maximum absolute atomic E-state index is 12.9. The molecular weight excluding hydrogens is 398 g/mol. The van der Waals surface area contributed by atoms with Gasteiger partial charge < -0.3 is 4.74 Å². The largest absolute Gasteiger partial charge is 0.426 e. The Morgan fingerprint density at radius 1 is 1.03 bits per heavy atom. The van der Waals surface area contributed by atoms with E-state index in [-0.39, 0.29) is 5.56 Å². The molecule has 30 heavy (non-hydrogen) atoms. The molecule has 0 bridgehead atoms. The number of esters is 1. The number of carbonyl (C=O) groups excluding carboxylic acids is 1. The number of benzene rings is 3. The average molecular weight is 413 g/mol. The van der Waals surface area contributed by atoms with Gasteiger partial charge in [-0.3, -0.25) is 9.59 Å². The molecule has 0 aliphatic carbocycles. The van der Waals surface area contributed by atoms with Crippen LogP contribution in [0.15, 0.2) is 71.5 Å². The molecule has 5 aromatic rings. The minimum absolute atomic E-state index is 0.230. The summed E-state index contributed by atoms with van der Waals surface area (Å²) in [6.45, 7) is 1.33. The topological polar surface area (TPSA) is 73.6 Å². The summed E-state index contributed by atoms with van der Waals surface area (Å²) >= 11 is 1.28. The van der Waals surface area contributed by atoms with Crippen molar-refractivity contribution in [2.45, 2.75) is 6.92 Å². The second kappa shape index (κ2) is 7.20. The van der Waals surface area contributed by atoms with Gasteiger partial charge in [0.15, 0.2) is 5.82 Å². The molecular formula is C23H15N3O3S. The second-order valence-electron chi connectivity index (χ2n) is 6.70. The molecule has 0 N–H and O–H groups in total. The Kier molecular flexibility index (Phi) is 4.37. The Bertz CT molecular complexity index is 1530. The van der Waals surface area contributed by atoms with E-state index in [0.717, 1.165) is 16.3 Å². The molecule has 0 radical (unpaired) electrons. The summed E-state index contributed by atoms with van der Waals surface area (Å²) in [5.74, 6) is 0.269. The van der Waals surface area contributed by atoms with Crippen molar-refractivity contribution in [2.75, 3.05) is 0 Å². The van der Waals surface area contributed by atoms with Crippen LogP contribution < -0.4 is 14.8 Å². The Morgan fingerprint density at radius 3 is 2.63 bits per heavy atom. The number of aromatic nitrogens is 3. The first-order valence-corrected chi connectivity index (χ1v) is 10.1. The third-order valence-electron chi connectivity index (χ3n) is 4.67. The fourth-order valence-corrected chi connectivity index (χ4v) is 4.26. The quantitative estimate of drug-likeness (QED) is 0.335. The zero-order chi connectivity index (χ0) is 20.7. The van der Waals surface area contributed by atoms with E-state index >= 15 is 0 Å². The summed E-state index contributed by atoms with van der Waals surface area (Å²) in [7, 11) is 0. The fourth-order valence-electron chi connectivity index (χ4n) is 3.36. The molecule has 0 aliphatic heterocycles. The molecule has 146 valence electrons. The Hall–Kier alpha value is -3.84. The first kappa shape index (κ1) is 18.2. The maximum Gasteiger partial charge on any atom is 0.308 e. The summed E-state index contributed by atoms with van der Waals surface area (Å²) in [5.41, 5.74) is 1.30. The molecule has 2 heterocycles. The summed E-state index contributed by atoms with van der Waals surface area (Å²) in [4.78, 5) is 29.3. The Morgan fingerprint density at radius 2 is 1.80 bits per heavy atom. The maximum atomic E-state index is 12.9. The van der Waals surface area contributed by atoms with Crippen LogP contribution in [0.4, 0.5) is 0 Å². The molecule has 0 unspecified atom stereocenters. The van der Waals surface area contributed by atoms with Crippen LogP contribution in [-0.2, 0) is 4.79 Å². The number of hydrogen-bond acceptors (Lipinski definition) is 6. The zero-order valence-corrected chi connectivity index (χ0v) is 16.7. The smallest absolute Gasteiger partial charge is 0.308 e. The predicted octanol–water partition coefficient (Wildman–Crippen LogP) is 3.44. The molecule has 0 spiro atoms. The van der Waals surface area contributed by atoms with Crippen molar-refractivity contribution in [3.8, 4) is 17.1 Å². The van der Waals surface area contributed by atoms with Gasteiger partial charge in [-0.25, -0.2) is 0 Å². The van der Waals surface area contributed by atoms with Crippen LogP contribution in [0, 0.1) is 0 Å². The standard InChI is InChI=1S/C23H15N3O3S/c1-14(27)29-19-12-5-4-11-18(19)21-24-23-26(25-21)22(28)20(30-23)13-16-9-6-8-15-7-2-3-10-17(15)16/h2-13H,1H3. The molecule has 5 rings (SSSR count). The number of para-hydroxylation sites is 1. The molecule has 2 aromatic heterocycles. The van der Waals surface area contributed by atoms with Crippen molar-refractivity contribution in [1.82, 2.24) is 14.6 Å². The number of carbonyl (C=O) groups is 1. The summed E-state index contributed by atoms with van der Waals surface area (Å²) in [5, 5.41) is 6.56. The van der Waals surface area contributed by atoms with E-state index in [2.05, 4.69) is 10.1 Å². The molecule has 6 nitrogen and oxygen atoms in total. The van der Waals surface area contributed by atoms with E-state index in [1.165, 1.54) is 22.8 Å². The van der Waals surface area contributed by atoms with E-state index < -0.39 is 5.97 Å². The van der Waals surface area contributed by atoms with Crippen LogP contribution in [0.2, 0.25) is 0 Å². The van der Waals surface area contributed by atoms with Crippen molar-refractivity contribution in [2.24, 2.45) is 0 Å². The predicted molar refractivity (Wildman–Crippen MR) is 117 cm³/mol. The second-order valence-corrected chi connectivity index (χ2v) is 7.71. The number of hydrogen-bond donors (Lipinski definition) is 0. The van der Waals surface area contributed by atoms with Gasteiger partial charge in [0.05, 0.1) is 10.1 Å². The van der Waals surface area contributed by atoms with Gasteiger partial charge in [0.1, 0.15) is 5.75 Å². The van der Waals surface area contributed by atoms with Crippen molar-refractivity contribution in [3.63, 3.8) is 0 Å². The normalized spacial score (nSPS) is 12.0. The van der Waals surface area contributed by atoms with Crippen molar-refractivity contribution < 1.29 is 9.53 Å². The lowest BCUT2D eigenvalue weighted by Crippen LogP contribution is -2.23. The van der Waals surface area contributed by atoms with Gasteiger partial charge in [-0.1, -0.05) is 65.9 Å². The van der Waals surface area contributed by atoms with Gasteiger partial charge in [0.2, 0.25) is 4.96 Å². The molecule has 3 aromatic carbocycles. The lowest BCUT2D eigenvalue weighted by molar-refractivity contribution is -0.131. The van der Waals surface area contributed by atoms with Gasteiger partial charge >= 0.3 is 5.97 Å². The molecule has 0 saturated heterocycles. The third kappa shape index (κ3) is 3.15. The van der Waals surface area contributed by atoms with Crippen LogP contribution in [-0.4, -0.2) is 20.6 Å². The van der Waals surface area contributed by atoms with E-state index in [4.69, 9.17) is 4.74 Å². The monoisotopic (exact) mass is 413 g/mol. The minimum atomic E-state index is -0.431. The lowest BCUT2D eigenvalue weighted by atomic mass is 10.0. The van der Waals surface area contributed by atoms with Gasteiger partial charge in [0.25, 0.3) is 5.56 Å². The molecule has 0 aliphatic rings. The number of rotatable bonds is 3. The van der Waals surface area contributed by atoms with E-state index in [1.807, 2.05) is 48.5 Å². The van der Waals surface area contributed by atoms with Crippen LogP contribution in [0.5, 0.6) is 5.75 Å². The Labute approximate surface area is 174 Å². The molecule has 0 amide bonds. The zero-order valence-electron chi connectivity index (χ0n) is 15.9. The molecule has 7 heteroatoms. The van der Waals surface area contributed by atoms with Crippen molar-refractivity contribution in [1.29, 1.82) is 0 Å². The Balaban J connectivity index is 1.63. The van der Waals surface area contributed by atoms with Gasteiger partial charge in [0, 0.05) is 6.92 Å². The van der Waals surface area contributed by atoms with Crippen LogP contribution in [0.25, 0.3) is 33.2 Å². The SMILES string of the molecule is CC(=O)Oc1ccccc1-c1nc2sc(=Cc3cccc4ccccc34)c(=O)n2n1. The highest BCUT2D eigenvalue weighted by atomic mass is 32.1. The van der Waals surface area contributed by atoms with Gasteiger partial charge in [-0.2, -0.15) is 9.50 Å². The first-order valence-electron chi connectivity index (χ1n) is 9.27. The number of thiazole rings is 1. The summed E-state index contributed by atoms with van der Waals surface area (Å²) < 4.78 is 7.09. The highest BCUT2D eigenvalue weighted by Gasteiger charge is 2.16. The van der Waals surface area contributed by atoms with Crippen molar-refractivity contribution >= 4 is 39.1 Å². The molecule has 0 saturated carbocycles. The van der Waals surface area contributed by atoms with Gasteiger partial charge in [-0.05, 0) is 34.5 Å². The van der Waals surface area contributed by atoms with Gasteiger partial charge in [-0.15, -0.1) is 5.10 Å². The molecule has 0 fully saturated rings. The lowest BCUT2D eigenvalue weighted by Gasteiger charge is -2.04. The summed E-state index contributed by atoms with van der Waals surface area (Å²) in [6.07, 6.45) is 1.87. The number of nitrogens with zero attached hydrogens (tertiary/aromatic N) is 3. The fraction of sp³-hybridized carbons (Fsp3) is 0.0435. The number of fused-ring (bicyclic) bond motifs is 2. The molecule has 0 atom stereocenters. The van der Waals surface area contributed by atoms with Crippen LogP contribution in [0.1, 0.15) is 12.5 Å². The highest BCUT2D eigenvalue weighted by Crippen LogP contribution is 2.28. The van der Waals surface area contributed by atoms with E-state index in [0.29, 0.717) is 26.6 Å². The van der Waals surface area contributed by atoms with Crippen LogP contribution in [0.3, 0.4) is 0 Å². The highest BCUT2D eigenvalue weighted by molar-refractivity contribution is 7.15. The van der Waals surface area contributed by atoms with E-state index in [1.54, 1.807) is 24.3 Å². The third-order valence-corrected chi connectivity index (χ3v) is 5.63. The summed E-state index contributed by atoms with van der Waals surface area (Å²) in [6, 6.07) is 21.0. The average Bonchev–Trinajstić information content (AvgIpc) is 3.28. The first-order chi connectivity index (χ1) is 14.6. The minimum Gasteiger partial charge on any atom is -0.426 e. The van der Waals surface area contributed by atoms with Crippen LogP contribution >= 0.6 is 11.3 Å². The van der Waals surface area contributed by atoms with E-state index in [9.17, 15) is 9.59 Å². The van der Waals surface area contributed by atoms with Crippen molar-refractivity contribution in [3.05, 3.63) is 87.2 Å². The number of ether oxygens (including phenoxy) is 1.